The number of hydrogen-bond donors (Lipinski definition) is 1. The highest BCUT2D eigenvalue weighted by Gasteiger charge is 2.39. The molecule has 0 saturated carbocycles. The van der Waals surface area contributed by atoms with E-state index in [0.717, 1.165) is 22.9 Å². The van der Waals surface area contributed by atoms with Crippen LogP contribution >= 0.6 is 11.3 Å². The zero-order valence-electron chi connectivity index (χ0n) is 20.7. The van der Waals surface area contributed by atoms with Crippen molar-refractivity contribution in [2.75, 3.05) is 11.6 Å². The predicted molar refractivity (Wildman–Crippen MR) is 135 cm³/mol. The Morgan fingerprint density at radius 1 is 1.16 bits per heavy atom. The molecule has 1 N–H and O–H groups in total. The summed E-state index contributed by atoms with van der Waals surface area (Å²) < 4.78 is 61.9. The third kappa shape index (κ3) is 6.02. The molecule has 1 aliphatic rings. The Morgan fingerprint density at radius 3 is 2.38 bits per heavy atom. The molecule has 1 aromatic carbocycles. The Morgan fingerprint density at radius 2 is 1.84 bits per heavy atom. The molecule has 4 rings (SSSR count). The number of fused-ring (bicyclic) bond motifs is 1. The van der Waals surface area contributed by atoms with Crippen LogP contribution in [0, 0.1) is 5.92 Å². The predicted octanol–water partition coefficient (Wildman–Crippen LogP) is 5.42. The van der Waals surface area contributed by atoms with Gasteiger partial charge < -0.3 is 5.32 Å². The molecule has 1 aliphatic heterocycles. The molecule has 0 aliphatic carbocycles. The van der Waals surface area contributed by atoms with Crippen LogP contribution in [0.4, 0.5) is 18.3 Å². The Hall–Kier alpha value is -2.83. The van der Waals surface area contributed by atoms with Gasteiger partial charge in [0.15, 0.2) is 15.0 Å². The molecular weight excluding hydrogens is 525 g/mol. The number of nitrogens with one attached hydrogen (secondary N) is 1. The number of carbonyl (C=O) groups excluding carboxylic acids is 1. The second-order valence-electron chi connectivity index (χ2n) is 9.48. The van der Waals surface area contributed by atoms with Gasteiger partial charge in [0.1, 0.15) is 5.69 Å². The molecular formula is C25H27F3N4O3S2. The average Bonchev–Trinajstić information content (AvgIpc) is 3.34. The van der Waals surface area contributed by atoms with E-state index in [-0.39, 0.29) is 35.2 Å². The van der Waals surface area contributed by atoms with E-state index < -0.39 is 21.7 Å². The second-order valence-corrected chi connectivity index (χ2v) is 12.6. The van der Waals surface area contributed by atoms with Gasteiger partial charge >= 0.3 is 6.18 Å². The van der Waals surface area contributed by atoms with Gasteiger partial charge in [0, 0.05) is 29.9 Å². The fourth-order valence-electron chi connectivity index (χ4n) is 4.47. The molecule has 1 unspecified atom stereocenters. The number of thiazole rings is 1. The van der Waals surface area contributed by atoms with Crippen LogP contribution in [0.3, 0.4) is 0 Å². The summed E-state index contributed by atoms with van der Waals surface area (Å²) in [4.78, 5) is 24.3. The highest BCUT2D eigenvalue weighted by Crippen LogP contribution is 2.46. The Bertz CT molecular complexity index is 1390. The fourth-order valence-corrected chi connectivity index (χ4v) is 6.13. The highest BCUT2D eigenvalue weighted by molar-refractivity contribution is 7.90. The maximum Gasteiger partial charge on any atom is 0.433 e. The Labute approximate surface area is 217 Å². The van der Waals surface area contributed by atoms with Crippen LogP contribution in [-0.2, 0) is 33.8 Å². The van der Waals surface area contributed by atoms with Gasteiger partial charge in [0.25, 0.3) is 0 Å². The molecule has 2 aromatic heterocycles. The topological polar surface area (TPSA) is 92.3 Å². The van der Waals surface area contributed by atoms with Gasteiger partial charge in [-0.2, -0.15) is 13.2 Å². The minimum Gasteiger partial charge on any atom is -0.302 e. The van der Waals surface area contributed by atoms with Crippen LogP contribution in [0.15, 0.2) is 47.5 Å². The SMILES string of the molecule is CC(C)C1c2nc(NC(=O)Cc3ccc(S(C)(=O)=O)cc3)sc2CN1[C@H](C)c1ccc(C(F)(F)F)nc1. The van der Waals surface area contributed by atoms with Crippen LogP contribution in [0.2, 0.25) is 0 Å². The van der Waals surface area contributed by atoms with Crippen molar-refractivity contribution in [2.45, 2.75) is 56.9 Å². The molecule has 7 nitrogen and oxygen atoms in total. The van der Waals surface area contributed by atoms with Crippen molar-refractivity contribution < 1.29 is 26.4 Å². The molecule has 12 heteroatoms. The summed E-state index contributed by atoms with van der Waals surface area (Å²) in [6, 6.07) is 8.39. The third-order valence-electron chi connectivity index (χ3n) is 6.34. The van der Waals surface area contributed by atoms with Crippen LogP contribution in [-0.4, -0.2) is 35.4 Å². The van der Waals surface area contributed by atoms with Crippen molar-refractivity contribution in [1.29, 1.82) is 0 Å². The minimum absolute atomic E-state index is 0.0715. The van der Waals surface area contributed by atoms with Crippen molar-refractivity contribution in [3.63, 3.8) is 0 Å². The summed E-state index contributed by atoms with van der Waals surface area (Å²) in [6.45, 7) is 6.61. The number of nitrogens with zero attached hydrogens (tertiary/aromatic N) is 3. The summed E-state index contributed by atoms with van der Waals surface area (Å²) in [5.74, 6) is -0.0909. The van der Waals surface area contributed by atoms with E-state index in [2.05, 4.69) is 29.0 Å². The van der Waals surface area contributed by atoms with Gasteiger partial charge in [-0.3, -0.25) is 14.7 Å². The number of rotatable bonds is 7. The lowest BCUT2D eigenvalue weighted by atomic mass is 9.99. The summed E-state index contributed by atoms with van der Waals surface area (Å²) in [5.41, 5.74) is 1.31. The maximum absolute atomic E-state index is 12.9. The first-order chi connectivity index (χ1) is 17.2. The largest absolute Gasteiger partial charge is 0.433 e. The van der Waals surface area contributed by atoms with Crippen molar-refractivity contribution >= 4 is 32.2 Å². The number of amides is 1. The van der Waals surface area contributed by atoms with E-state index in [4.69, 9.17) is 4.98 Å². The van der Waals surface area contributed by atoms with Gasteiger partial charge in [0.05, 0.1) is 23.1 Å². The van der Waals surface area contributed by atoms with Gasteiger partial charge in [-0.1, -0.05) is 32.0 Å². The normalized spacial score (nSPS) is 17.1. The smallest absolute Gasteiger partial charge is 0.302 e. The van der Waals surface area contributed by atoms with Crippen LogP contribution in [0.25, 0.3) is 0 Å². The summed E-state index contributed by atoms with van der Waals surface area (Å²) in [7, 11) is -3.31. The van der Waals surface area contributed by atoms with E-state index in [0.29, 0.717) is 22.8 Å². The molecule has 0 fully saturated rings. The summed E-state index contributed by atoms with van der Waals surface area (Å²) in [6.07, 6.45) is -2.00. The van der Waals surface area contributed by atoms with Crippen LogP contribution in [0.1, 0.15) is 60.2 Å². The first kappa shape index (κ1) is 27.2. The second kappa shape index (κ2) is 10.1. The van der Waals surface area contributed by atoms with Crippen molar-refractivity contribution in [1.82, 2.24) is 14.9 Å². The zero-order chi connectivity index (χ0) is 27.1. The van der Waals surface area contributed by atoms with E-state index >= 15 is 0 Å². The number of alkyl halides is 3. The number of sulfone groups is 1. The Kier molecular flexibility index (Phi) is 7.46. The molecule has 0 saturated heterocycles. The molecule has 0 spiro atoms. The summed E-state index contributed by atoms with van der Waals surface area (Å²) >= 11 is 1.38. The number of pyridine rings is 1. The standard InChI is InChI=1S/C25H27F3N4O3S2/c1-14(2)23-22-19(13-32(23)15(3)17-7-10-20(29-12-17)25(26,27)28)36-24(31-22)30-21(33)11-16-5-8-18(9-6-16)37(4,34)35/h5-10,12,14-15,23H,11,13H2,1-4H3,(H,30,31,33)/t15-,23?/m1/s1. The van der Waals surface area contributed by atoms with E-state index in [1.165, 1.54) is 35.7 Å². The van der Waals surface area contributed by atoms with E-state index in [1.807, 2.05) is 6.92 Å². The molecule has 3 heterocycles. The maximum atomic E-state index is 12.9. The lowest BCUT2D eigenvalue weighted by Gasteiger charge is -2.33. The molecule has 198 valence electrons. The molecule has 3 aromatic rings. The van der Waals surface area contributed by atoms with E-state index in [9.17, 15) is 26.4 Å². The quantitative estimate of drug-likeness (QED) is 0.421. The van der Waals surface area contributed by atoms with Gasteiger partial charge in [-0.25, -0.2) is 13.4 Å². The van der Waals surface area contributed by atoms with Gasteiger partial charge in [0.2, 0.25) is 5.91 Å². The molecule has 2 atom stereocenters. The molecule has 0 radical (unpaired) electrons. The van der Waals surface area contributed by atoms with E-state index in [1.54, 1.807) is 12.1 Å². The molecule has 0 bridgehead atoms. The van der Waals surface area contributed by atoms with Gasteiger partial charge in [-0.05, 0) is 42.2 Å². The minimum atomic E-state index is -4.48. The van der Waals surface area contributed by atoms with Crippen molar-refractivity contribution in [2.24, 2.45) is 5.92 Å². The first-order valence-electron chi connectivity index (χ1n) is 11.6. The van der Waals surface area contributed by atoms with Gasteiger partial charge in [-0.15, -0.1) is 11.3 Å². The lowest BCUT2D eigenvalue weighted by Crippen LogP contribution is -2.29. The fraction of sp³-hybridized carbons (Fsp3) is 0.400. The van der Waals surface area contributed by atoms with Crippen LogP contribution < -0.4 is 5.32 Å². The third-order valence-corrected chi connectivity index (χ3v) is 8.44. The Balaban J connectivity index is 1.45. The monoisotopic (exact) mass is 552 g/mol. The van der Waals surface area contributed by atoms with Crippen molar-refractivity contribution in [3.05, 3.63) is 70.0 Å². The molecule has 1 amide bonds. The summed E-state index contributed by atoms with van der Waals surface area (Å²) in [5, 5.41) is 3.32. The first-order valence-corrected chi connectivity index (χ1v) is 14.3. The van der Waals surface area contributed by atoms with Crippen molar-refractivity contribution in [3.8, 4) is 0 Å². The number of anilines is 1. The van der Waals surface area contributed by atoms with Crippen LogP contribution in [0.5, 0.6) is 0 Å². The average molecular weight is 553 g/mol. The zero-order valence-corrected chi connectivity index (χ0v) is 22.3. The number of hydrogen-bond acceptors (Lipinski definition) is 7. The number of halogens is 3. The number of aromatic nitrogens is 2. The lowest BCUT2D eigenvalue weighted by molar-refractivity contribution is -0.141. The number of benzene rings is 1. The molecule has 37 heavy (non-hydrogen) atoms. The highest BCUT2D eigenvalue weighted by atomic mass is 32.2. The number of carbonyl (C=O) groups is 1.